The zero-order chi connectivity index (χ0) is 13.0. The van der Waals surface area contributed by atoms with Crippen LogP contribution in [0.3, 0.4) is 0 Å². The molecule has 0 aliphatic heterocycles. The summed E-state index contributed by atoms with van der Waals surface area (Å²) in [5, 5.41) is 18.8. The van der Waals surface area contributed by atoms with Gasteiger partial charge in [0.2, 0.25) is 0 Å². The minimum atomic E-state index is -0.790. The van der Waals surface area contributed by atoms with Crippen molar-refractivity contribution in [2.24, 2.45) is 0 Å². The first kappa shape index (κ1) is 13.6. The fraction of sp³-hybridized carbons (Fsp3) is 0.500. The summed E-state index contributed by atoms with van der Waals surface area (Å²) in [7, 11) is 0. The number of rotatable bonds is 5. The smallest absolute Gasteiger partial charge is 0.303 e. The summed E-state index contributed by atoms with van der Waals surface area (Å²) >= 11 is 0. The lowest BCUT2D eigenvalue weighted by atomic mass is 9.93. The summed E-state index contributed by atoms with van der Waals surface area (Å²) in [6.45, 7) is 6.01. The second-order valence-corrected chi connectivity index (χ2v) is 4.70. The molecule has 0 atom stereocenters. The lowest BCUT2D eigenvalue weighted by molar-refractivity contribution is -0.137. The van der Waals surface area contributed by atoms with Crippen molar-refractivity contribution >= 4 is 5.97 Å². The van der Waals surface area contributed by atoms with Gasteiger partial charge in [0.25, 0.3) is 0 Å². The average molecular weight is 236 g/mol. The first-order chi connectivity index (χ1) is 7.93. The van der Waals surface area contributed by atoms with Crippen molar-refractivity contribution in [3.8, 4) is 5.75 Å². The van der Waals surface area contributed by atoms with Crippen LogP contribution in [0.4, 0.5) is 0 Å². The van der Waals surface area contributed by atoms with E-state index in [1.165, 1.54) is 0 Å². The predicted molar refractivity (Wildman–Crippen MR) is 67.5 cm³/mol. The average Bonchev–Trinajstić information content (AvgIpc) is 2.21. The molecule has 17 heavy (non-hydrogen) atoms. The van der Waals surface area contributed by atoms with Gasteiger partial charge in [-0.3, -0.25) is 4.79 Å². The molecule has 1 rings (SSSR count). The number of carboxylic acids is 1. The van der Waals surface area contributed by atoms with Gasteiger partial charge in [0.05, 0.1) is 0 Å². The number of carbonyl (C=O) groups is 1. The van der Waals surface area contributed by atoms with Crippen LogP contribution in [0.1, 0.15) is 49.3 Å². The quantitative estimate of drug-likeness (QED) is 0.825. The molecule has 2 N–H and O–H groups in total. The molecule has 94 valence electrons. The van der Waals surface area contributed by atoms with E-state index in [9.17, 15) is 9.90 Å². The largest absolute Gasteiger partial charge is 0.507 e. The van der Waals surface area contributed by atoms with Gasteiger partial charge in [-0.05, 0) is 42.4 Å². The third-order valence-corrected chi connectivity index (χ3v) is 2.99. The molecule has 1 aromatic rings. The first-order valence-corrected chi connectivity index (χ1v) is 5.96. The number of aliphatic carboxylic acids is 1. The molecule has 0 unspecified atom stereocenters. The molecule has 0 fully saturated rings. The Morgan fingerprint density at radius 1 is 1.35 bits per heavy atom. The van der Waals surface area contributed by atoms with Crippen LogP contribution in [0, 0.1) is 6.92 Å². The molecule has 0 aliphatic carbocycles. The number of carboxylic acid groups (broad SMARTS) is 1. The lowest BCUT2D eigenvalue weighted by Crippen LogP contribution is -1.99. The highest BCUT2D eigenvalue weighted by atomic mass is 16.4. The Morgan fingerprint density at radius 2 is 2.00 bits per heavy atom. The maximum Gasteiger partial charge on any atom is 0.303 e. The standard InChI is InChI=1S/C14H20O3/c1-9(2)11-8-7-10(3)12(14(11)17)5-4-6-13(15)16/h7-9,17H,4-6H2,1-3H3,(H,15,16). The number of hydrogen-bond acceptors (Lipinski definition) is 2. The van der Waals surface area contributed by atoms with Crippen molar-refractivity contribution in [1.29, 1.82) is 0 Å². The van der Waals surface area contributed by atoms with Crippen LogP contribution >= 0.6 is 0 Å². The Kier molecular flexibility index (Phi) is 4.55. The van der Waals surface area contributed by atoms with E-state index < -0.39 is 5.97 Å². The first-order valence-electron chi connectivity index (χ1n) is 5.96. The third-order valence-electron chi connectivity index (χ3n) is 2.99. The van der Waals surface area contributed by atoms with Crippen LogP contribution in [0.2, 0.25) is 0 Å². The molecule has 0 aliphatic rings. The van der Waals surface area contributed by atoms with Gasteiger partial charge in [-0.1, -0.05) is 26.0 Å². The van der Waals surface area contributed by atoms with Crippen LogP contribution in [-0.2, 0) is 11.2 Å². The highest BCUT2D eigenvalue weighted by Gasteiger charge is 2.12. The predicted octanol–water partition coefficient (Wildman–Crippen LogP) is 3.23. The zero-order valence-electron chi connectivity index (χ0n) is 10.7. The van der Waals surface area contributed by atoms with Crippen molar-refractivity contribution < 1.29 is 15.0 Å². The number of benzene rings is 1. The Bertz CT molecular complexity index is 408. The fourth-order valence-corrected chi connectivity index (χ4v) is 1.95. The molecule has 0 spiro atoms. The second kappa shape index (κ2) is 5.71. The van der Waals surface area contributed by atoms with Crippen LogP contribution < -0.4 is 0 Å². The van der Waals surface area contributed by atoms with E-state index >= 15 is 0 Å². The molecule has 0 saturated carbocycles. The van der Waals surface area contributed by atoms with Crippen molar-refractivity contribution in [2.75, 3.05) is 0 Å². The molecule has 0 saturated heterocycles. The van der Waals surface area contributed by atoms with E-state index in [2.05, 4.69) is 0 Å². The van der Waals surface area contributed by atoms with Gasteiger partial charge in [0, 0.05) is 6.42 Å². The Balaban J connectivity index is 2.89. The van der Waals surface area contributed by atoms with Crippen LogP contribution in [0.5, 0.6) is 5.75 Å². The fourth-order valence-electron chi connectivity index (χ4n) is 1.95. The number of phenolic OH excluding ortho intramolecular Hbond substituents is 1. The molecular formula is C14H20O3. The van der Waals surface area contributed by atoms with Gasteiger partial charge in [-0.25, -0.2) is 0 Å². The summed E-state index contributed by atoms with van der Waals surface area (Å²) in [4.78, 5) is 10.5. The number of aryl methyl sites for hydroxylation is 1. The zero-order valence-corrected chi connectivity index (χ0v) is 10.7. The molecule has 0 heterocycles. The minimum Gasteiger partial charge on any atom is -0.507 e. The van der Waals surface area contributed by atoms with E-state index in [4.69, 9.17) is 5.11 Å². The number of aromatic hydroxyl groups is 1. The number of phenols is 1. The van der Waals surface area contributed by atoms with E-state index in [1.807, 2.05) is 32.9 Å². The van der Waals surface area contributed by atoms with Crippen molar-refractivity contribution in [2.45, 2.75) is 46.0 Å². The van der Waals surface area contributed by atoms with Crippen LogP contribution in [0.15, 0.2) is 12.1 Å². The molecule has 3 nitrogen and oxygen atoms in total. The minimum absolute atomic E-state index is 0.144. The summed E-state index contributed by atoms with van der Waals surface area (Å²) < 4.78 is 0. The topological polar surface area (TPSA) is 57.5 Å². The van der Waals surface area contributed by atoms with E-state index in [0.717, 1.165) is 16.7 Å². The van der Waals surface area contributed by atoms with Gasteiger partial charge in [-0.15, -0.1) is 0 Å². The monoisotopic (exact) mass is 236 g/mol. The Labute approximate surface area is 102 Å². The Hall–Kier alpha value is -1.51. The third kappa shape index (κ3) is 3.48. The molecule has 0 aromatic heterocycles. The summed E-state index contributed by atoms with van der Waals surface area (Å²) in [5.74, 6) is -0.179. The summed E-state index contributed by atoms with van der Waals surface area (Å²) in [5.41, 5.74) is 2.84. The van der Waals surface area contributed by atoms with Crippen molar-refractivity contribution in [3.05, 3.63) is 28.8 Å². The van der Waals surface area contributed by atoms with Crippen LogP contribution in [0.25, 0.3) is 0 Å². The SMILES string of the molecule is Cc1ccc(C(C)C)c(O)c1CCCC(=O)O. The normalized spacial score (nSPS) is 10.8. The number of hydrogen-bond donors (Lipinski definition) is 2. The van der Waals surface area contributed by atoms with Gasteiger partial charge in [0.1, 0.15) is 5.75 Å². The molecular weight excluding hydrogens is 216 g/mol. The maximum absolute atomic E-state index is 10.5. The van der Waals surface area contributed by atoms with Gasteiger partial charge in [-0.2, -0.15) is 0 Å². The molecule has 0 bridgehead atoms. The van der Waals surface area contributed by atoms with Crippen molar-refractivity contribution in [1.82, 2.24) is 0 Å². The van der Waals surface area contributed by atoms with Gasteiger partial charge < -0.3 is 10.2 Å². The van der Waals surface area contributed by atoms with Crippen LogP contribution in [-0.4, -0.2) is 16.2 Å². The highest BCUT2D eigenvalue weighted by molar-refractivity contribution is 5.66. The Morgan fingerprint density at radius 3 is 2.53 bits per heavy atom. The van der Waals surface area contributed by atoms with Gasteiger partial charge >= 0.3 is 5.97 Å². The second-order valence-electron chi connectivity index (χ2n) is 4.70. The lowest BCUT2D eigenvalue weighted by Gasteiger charge is -2.14. The van der Waals surface area contributed by atoms with E-state index in [-0.39, 0.29) is 12.3 Å². The highest BCUT2D eigenvalue weighted by Crippen LogP contribution is 2.32. The molecule has 0 radical (unpaired) electrons. The summed E-state index contributed by atoms with van der Waals surface area (Å²) in [6.07, 6.45) is 1.32. The molecule has 0 amide bonds. The van der Waals surface area contributed by atoms with Crippen molar-refractivity contribution in [3.63, 3.8) is 0 Å². The molecule has 3 heteroatoms. The maximum atomic E-state index is 10.5. The van der Waals surface area contributed by atoms with E-state index in [1.54, 1.807) is 0 Å². The summed E-state index contributed by atoms with van der Waals surface area (Å²) in [6, 6.07) is 3.93. The van der Waals surface area contributed by atoms with E-state index in [0.29, 0.717) is 18.6 Å². The molecule has 1 aromatic carbocycles. The van der Waals surface area contributed by atoms with Gasteiger partial charge in [0.15, 0.2) is 0 Å².